The maximum atomic E-state index is 13.0. The van der Waals surface area contributed by atoms with Crippen LogP contribution in [0.2, 0.25) is 0 Å². The molecular formula is C19H32N4O2. The fourth-order valence-corrected chi connectivity index (χ4v) is 3.27. The van der Waals surface area contributed by atoms with Crippen molar-refractivity contribution in [1.29, 1.82) is 0 Å². The third-order valence-corrected chi connectivity index (χ3v) is 4.47. The molecule has 2 heterocycles. The zero-order valence-electron chi connectivity index (χ0n) is 16.1. The molecule has 6 heteroatoms. The number of nitrogens with zero attached hydrogens (tertiary/aromatic N) is 3. The second-order valence-electron chi connectivity index (χ2n) is 7.24. The first-order chi connectivity index (χ1) is 12.0. The van der Waals surface area contributed by atoms with E-state index in [1.54, 1.807) is 0 Å². The highest BCUT2D eigenvalue weighted by Gasteiger charge is 2.29. The molecule has 1 aliphatic rings. The first-order valence-electron chi connectivity index (χ1n) is 9.66. The van der Waals surface area contributed by atoms with Crippen molar-refractivity contribution in [3.05, 3.63) is 17.2 Å². The highest BCUT2D eigenvalue weighted by Crippen LogP contribution is 2.22. The van der Waals surface area contributed by atoms with Gasteiger partial charge in [-0.25, -0.2) is 4.98 Å². The summed E-state index contributed by atoms with van der Waals surface area (Å²) >= 11 is 0. The molecule has 2 amide bonds. The Hall–Kier alpha value is -1.85. The second-order valence-corrected chi connectivity index (χ2v) is 7.24. The minimum atomic E-state index is -0.173. The van der Waals surface area contributed by atoms with Crippen molar-refractivity contribution < 1.29 is 9.59 Å². The number of rotatable bonds is 8. The second kappa shape index (κ2) is 9.02. The zero-order valence-corrected chi connectivity index (χ0v) is 16.1. The van der Waals surface area contributed by atoms with Gasteiger partial charge in [0.1, 0.15) is 5.69 Å². The van der Waals surface area contributed by atoms with Gasteiger partial charge in [0, 0.05) is 26.2 Å². The van der Waals surface area contributed by atoms with Crippen molar-refractivity contribution in [1.82, 2.24) is 19.8 Å². The summed E-state index contributed by atoms with van der Waals surface area (Å²) in [6.07, 6.45) is 4.72. The van der Waals surface area contributed by atoms with Gasteiger partial charge in [0.05, 0.1) is 5.69 Å². The lowest BCUT2D eigenvalue weighted by Gasteiger charge is -2.22. The molecule has 2 rings (SSSR count). The topological polar surface area (TPSA) is 67.2 Å². The van der Waals surface area contributed by atoms with Crippen LogP contribution in [0.5, 0.6) is 0 Å². The molecule has 1 aromatic heterocycles. The van der Waals surface area contributed by atoms with Gasteiger partial charge < -0.3 is 14.8 Å². The van der Waals surface area contributed by atoms with Crippen LogP contribution in [-0.4, -0.2) is 45.9 Å². The number of nitrogens with one attached hydrogen (secondary N) is 1. The van der Waals surface area contributed by atoms with Gasteiger partial charge in [-0.3, -0.25) is 9.59 Å². The number of hydrogen-bond acceptors (Lipinski definition) is 3. The van der Waals surface area contributed by atoms with E-state index in [1.165, 1.54) is 0 Å². The summed E-state index contributed by atoms with van der Waals surface area (Å²) in [4.78, 5) is 32.0. The van der Waals surface area contributed by atoms with E-state index in [0.29, 0.717) is 24.0 Å². The molecule has 0 bridgehead atoms. The Labute approximate surface area is 151 Å². The molecule has 0 saturated carbocycles. The SMILES string of the molecule is CCCN(CCC)C(=O)c1nc(C(=O)NCC(C)C)n2c1CCCC2. The van der Waals surface area contributed by atoms with Crippen molar-refractivity contribution in [3.8, 4) is 0 Å². The van der Waals surface area contributed by atoms with Crippen LogP contribution >= 0.6 is 0 Å². The van der Waals surface area contributed by atoms with Gasteiger partial charge in [-0.05, 0) is 38.0 Å². The number of carbonyl (C=O) groups is 2. The fraction of sp³-hybridized carbons (Fsp3) is 0.737. The molecule has 140 valence electrons. The number of aromatic nitrogens is 2. The van der Waals surface area contributed by atoms with E-state index in [9.17, 15) is 9.59 Å². The predicted octanol–water partition coefficient (Wildman–Crippen LogP) is 2.87. The number of carbonyl (C=O) groups excluding carboxylic acids is 2. The van der Waals surface area contributed by atoms with Crippen molar-refractivity contribution in [3.63, 3.8) is 0 Å². The van der Waals surface area contributed by atoms with E-state index < -0.39 is 0 Å². The summed E-state index contributed by atoms with van der Waals surface area (Å²) in [5.41, 5.74) is 1.42. The average molecular weight is 348 g/mol. The van der Waals surface area contributed by atoms with Crippen molar-refractivity contribution in [2.24, 2.45) is 5.92 Å². The van der Waals surface area contributed by atoms with E-state index in [1.807, 2.05) is 9.47 Å². The van der Waals surface area contributed by atoms with Crippen molar-refractivity contribution in [2.45, 2.75) is 66.3 Å². The van der Waals surface area contributed by atoms with Crippen LogP contribution in [0.1, 0.15) is 80.2 Å². The average Bonchev–Trinajstić information content (AvgIpc) is 2.98. The number of imidazole rings is 1. The van der Waals surface area contributed by atoms with E-state index in [2.05, 4.69) is 38.0 Å². The lowest BCUT2D eigenvalue weighted by Crippen LogP contribution is -2.33. The third-order valence-electron chi connectivity index (χ3n) is 4.47. The normalized spacial score (nSPS) is 13.6. The molecule has 1 aliphatic heterocycles. The minimum absolute atomic E-state index is 0.0303. The van der Waals surface area contributed by atoms with E-state index in [4.69, 9.17) is 0 Å². The van der Waals surface area contributed by atoms with Gasteiger partial charge in [-0.2, -0.15) is 0 Å². The standard InChI is InChI=1S/C19H32N4O2/c1-5-10-22(11-6-2)19(25)16-15-9-7-8-12-23(15)17(21-16)18(24)20-13-14(3)4/h14H,5-13H2,1-4H3,(H,20,24). The molecule has 0 aliphatic carbocycles. The quantitative estimate of drug-likeness (QED) is 0.785. The summed E-state index contributed by atoms with van der Waals surface area (Å²) in [6.45, 7) is 11.1. The van der Waals surface area contributed by atoms with Gasteiger partial charge in [-0.15, -0.1) is 0 Å². The Morgan fingerprint density at radius 3 is 2.48 bits per heavy atom. The molecule has 0 atom stereocenters. The van der Waals surface area contributed by atoms with Gasteiger partial charge in [0.15, 0.2) is 5.82 Å². The van der Waals surface area contributed by atoms with E-state index in [0.717, 1.165) is 57.4 Å². The Kier molecular flexibility index (Phi) is 7.02. The van der Waals surface area contributed by atoms with Gasteiger partial charge >= 0.3 is 0 Å². The van der Waals surface area contributed by atoms with Crippen LogP contribution < -0.4 is 5.32 Å². The maximum Gasteiger partial charge on any atom is 0.287 e. The Morgan fingerprint density at radius 2 is 1.88 bits per heavy atom. The Morgan fingerprint density at radius 1 is 1.20 bits per heavy atom. The maximum absolute atomic E-state index is 13.0. The first-order valence-corrected chi connectivity index (χ1v) is 9.66. The lowest BCUT2D eigenvalue weighted by molar-refractivity contribution is 0.0748. The number of amides is 2. The molecule has 0 fully saturated rings. The molecule has 0 aromatic carbocycles. The fourth-order valence-electron chi connectivity index (χ4n) is 3.27. The highest BCUT2D eigenvalue weighted by atomic mass is 16.2. The smallest absolute Gasteiger partial charge is 0.287 e. The van der Waals surface area contributed by atoms with E-state index >= 15 is 0 Å². The van der Waals surface area contributed by atoms with E-state index in [-0.39, 0.29) is 11.8 Å². The Balaban J connectivity index is 2.32. The summed E-state index contributed by atoms with van der Waals surface area (Å²) < 4.78 is 1.96. The minimum Gasteiger partial charge on any atom is -0.349 e. The third kappa shape index (κ3) is 4.61. The highest BCUT2D eigenvalue weighted by molar-refractivity contribution is 5.97. The van der Waals surface area contributed by atoms with Crippen molar-refractivity contribution >= 4 is 11.8 Å². The Bertz CT molecular complexity index is 601. The molecule has 0 saturated heterocycles. The van der Waals surface area contributed by atoms with Crippen LogP contribution in [0.3, 0.4) is 0 Å². The summed E-state index contributed by atoms with van der Waals surface area (Å²) in [7, 11) is 0. The predicted molar refractivity (Wildman–Crippen MR) is 98.8 cm³/mol. The molecular weight excluding hydrogens is 316 g/mol. The molecule has 1 aromatic rings. The van der Waals surface area contributed by atoms with Crippen LogP contribution in [0.4, 0.5) is 0 Å². The zero-order chi connectivity index (χ0) is 18.4. The molecule has 0 radical (unpaired) electrons. The van der Waals surface area contributed by atoms with Crippen LogP contribution in [0, 0.1) is 5.92 Å². The van der Waals surface area contributed by atoms with Gasteiger partial charge in [0.2, 0.25) is 0 Å². The first kappa shape index (κ1) is 19.5. The summed E-state index contributed by atoms with van der Waals surface area (Å²) in [5.74, 6) is 0.572. The molecule has 6 nitrogen and oxygen atoms in total. The molecule has 0 unspecified atom stereocenters. The van der Waals surface area contributed by atoms with Gasteiger partial charge in [-0.1, -0.05) is 27.7 Å². The largest absolute Gasteiger partial charge is 0.349 e. The molecule has 25 heavy (non-hydrogen) atoms. The summed E-state index contributed by atoms with van der Waals surface area (Å²) in [5, 5.41) is 2.93. The molecule has 0 spiro atoms. The van der Waals surface area contributed by atoms with Crippen molar-refractivity contribution in [2.75, 3.05) is 19.6 Å². The number of hydrogen-bond donors (Lipinski definition) is 1. The van der Waals surface area contributed by atoms with Crippen LogP contribution in [0.25, 0.3) is 0 Å². The lowest BCUT2D eigenvalue weighted by atomic mass is 10.1. The number of fused-ring (bicyclic) bond motifs is 1. The summed E-state index contributed by atoms with van der Waals surface area (Å²) in [6, 6.07) is 0. The monoisotopic (exact) mass is 348 g/mol. The van der Waals surface area contributed by atoms with Crippen LogP contribution in [-0.2, 0) is 13.0 Å². The van der Waals surface area contributed by atoms with Gasteiger partial charge in [0.25, 0.3) is 11.8 Å². The van der Waals surface area contributed by atoms with Crippen LogP contribution in [0.15, 0.2) is 0 Å². The molecule has 1 N–H and O–H groups in total.